The molecule has 1 rings (SSSR count). The van der Waals surface area contributed by atoms with Gasteiger partial charge in [-0.3, -0.25) is 0 Å². The summed E-state index contributed by atoms with van der Waals surface area (Å²) in [7, 11) is 0. The van der Waals surface area contributed by atoms with E-state index in [1.807, 2.05) is 30.3 Å². The molecular formula is C9H9BrClN. The maximum Gasteiger partial charge on any atom is 0.0353 e. The van der Waals surface area contributed by atoms with Crippen LogP contribution in [0.25, 0.3) is 0 Å². The van der Waals surface area contributed by atoms with E-state index in [0.29, 0.717) is 0 Å². The van der Waals surface area contributed by atoms with E-state index in [9.17, 15) is 0 Å². The molecular weight excluding hydrogens is 237 g/mol. The van der Waals surface area contributed by atoms with Crippen LogP contribution in [0.2, 0.25) is 0 Å². The Bertz CT molecular complexity index is 273. The number of hydrogen-bond acceptors (Lipinski definition) is 1. The van der Waals surface area contributed by atoms with Crippen molar-refractivity contribution in [1.82, 2.24) is 0 Å². The molecule has 64 valence electrons. The van der Waals surface area contributed by atoms with E-state index in [1.54, 1.807) is 0 Å². The molecule has 3 heteroatoms. The van der Waals surface area contributed by atoms with Crippen molar-refractivity contribution < 1.29 is 0 Å². The molecule has 1 nitrogen and oxygen atoms in total. The molecule has 0 aliphatic carbocycles. The summed E-state index contributed by atoms with van der Waals surface area (Å²) in [4.78, 5) is 0. The van der Waals surface area contributed by atoms with Gasteiger partial charge in [0.15, 0.2) is 0 Å². The van der Waals surface area contributed by atoms with Crippen LogP contribution in [0.5, 0.6) is 0 Å². The molecule has 0 heterocycles. The van der Waals surface area contributed by atoms with E-state index < -0.39 is 0 Å². The molecule has 0 bridgehead atoms. The molecule has 0 aliphatic heterocycles. The van der Waals surface area contributed by atoms with Crippen molar-refractivity contribution in [3.63, 3.8) is 0 Å². The fourth-order valence-electron chi connectivity index (χ4n) is 0.820. The number of hydrogen-bond donors (Lipinski definition) is 1. The zero-order valence-electron chi connectivity index (χ0n) is 6.43. The van der Waals surface area contributed by atoms with E-state index in [2.05, 4.69) is 21.2 Å². The smallest absolute Gasteiger partial charge is 0.0353 e. The molecule has 0 spiro atoms. The van der Waals surface area contributed by atoms with Gasteiger partial charge in [0.2, 0.25) is 0 Å². The van der Waals surface area contributed by atoms with Crippen molar-refractivity contribution in [2.45, 2.75) is 0 Å². The van der Waals surface area contributed by atoms with E-state index in [4.69, 9.17) is 11.6 Å². The molecule has 0 aromatic heterocycles. The van der Waals surface area contributed by atoms with Gasteiger partial charge in [0.1, 0.15) is 0 Å². The van der Waals surface area contributed by atoms with Gasteiger partial charge in [-0.05, 0) is 18.2 Å². The van der Waals surface area contributed by atoms with Crippen LogP contribution in [0.15, 0.2) is 40.3 Å². The Morgan fingerprint density at radius 2 is 2.33 bits per heavy atom. The summed E-state index contributed by atoms with van der Waals surface area (Å²) in [6.45, 7) is 0.750. The number of benzene rings is 1. The average molecular weight is 247 g/mol. The third kappa shape index (κ3) is 3.28. The van der Waals surface area contributed by atoms with E-state index in [1.165, 1.54) is 5.54 Å². The molecule has 0 fully saturated rings. The molecule has 1 aromatic rings. The quantitative estimate of drug-likeness (QED) is 0.859. The maximum atomic E-state index is 5.37. The van der Waals surface area contributed by atoms with Crippen LogP contribution >= 0.6 is 27.5 Å². The van der Waals surface area contributed by atoms with Crippen LogP contribution < -0.4 is 5.32 Å². The molecule has 1 N–H and O–H groups in total. The molecule has 0 saturated carbocycles. The lowest BCUT2D eigenvalue weighted by Crippen LogP contribution is -1.96. The number of nitrogens with one attached hydrogen (secondary N) is 1. The average Bonchev–Trinajstić information content (AvgIpc) is 2.05. The fraction of sp³-hybridized carbons (Fsp3) is 0.111. The summed E-state index contributed by atoms with van der Waals surface area (Å²) in [6, 6.07) is 7.99. The third-order valence-electron chi connectivity index (χ3n) is 1.34. The zero-order chi connectivity index (χ0) is 8.81. The summed E-state index contributed by atoms with van der Waals surface area (Å²) in [6.07, 6.45) is 1.85. The van der Waals surface area contributed by atoms with Crippen LogP contribution in [0.3, 0.4) is 0 Å². The predicted octanol–water partition coefficient (Wildman–Crippen LogP) is 3.61. The van der Waals surface area contributed by atoms with Crippen LogP contribution in [0, 0.1) is 0 Å². The minimum atomic E-state index is 0.750. The zero-order valence-corrected chi connectivity index (χ0v) is 8.77. The normalized spacial score (nSPS) is 10.5. The molecule has 0 unspecified atom stereocenters. The van der Waals surface area contributed by atoms with Gasteiger partial charge in [-0.1, -0.05) is 39.7 Å². The lowest BCUT2D eigenvalue weighted by Gasteiger charge is -2.02. The van der Waals surface area contributed by atoms with Crippen LogP contribution in [0.1, 0.15) is 0 Å². The van der Waals surface area contributed by atoms with Crippen molar-refractivity contribution in [3.8, 4) is 0 Å². The monoisotopic (exact) mass is 245 g/mol. The number of rotatable bonds is 3. The molecule has 12 heavy (non-hydrogen) atoms. The SMILES string of the molecule is Cl/C=C/CNc1cccc(Br)c1. The predicted molar refractivity (Wildman–Crippen MR) is 57.6 cm³/mol. The van der Waals surface area contributed by atoms with Gasteiger partial charge < -0.3 is 5.32 Å². The largest absolute Gasteiger partial charge is 0.382 e. The molecule has 0 radical (unpaired) electrons. The van der Waals surface area contributed by atoms with Crippen molar-refractivity contribution in [2.75, 3.05) is 11.9 Å². The van der Waals surface area contributed by atoms with Crippen LogP contribution in [-0.2, 0) is 0 Å². The van der Waals surface area contributed by atoms with Crippen LogP contribution in [0.4, 0.5) is 5.69 Å². The first kappa shape index (κ1) is 9.62. The van der Waals surface area contributed by atoms with Gasteiger partial charge >= 0.3 is 0 Å². The van der Waals surface area contributed by atoms with Gasteiger partial charge in [0.25, 0.3) is 0 Å². The highest BCUT2D eigenvalue weighted by Crippen LogP contribution is 2.15. The van der Waals surface area contributed by atoms with Crippen LogP contribution in [-0.4, -0.2) is 6.54 Å². The first-order valence-electron chi connectivity index (χ1n) is 3.57. The summed E-state index contributed by atoms with van der Waals surface area (Å²) >= 11 is 8.76. The molecule has 1 aromatic carbocycles. The van der Waals surface area contributed by atoms with E-state index in [-0.39, 0.29) is 0 Å². The molecule has 0 saturated heterocycles. The Balaban J connectivity index is 2.52. The Kier molecular flexibility index (Phi) is 4.19. The summed E-state index contributed by atoms with van der Waals surface area (Å²) < 4.78 is 1.07. The fourth-order valence-corrected chi connectivity index (χ4v) is 1.31. The Morgan fingerprint density at radius 3 is 3.00 bits per heavy atom. The molecule has 0 atom stereocenters. The second kappa shape index (κ2) is 5.22. The standard InChI is InChI=1S/C9H9BrClN/c10-8-3-1-4-9(7-8)12-6-2-5-11/h1-5,7,12H,6H2/b5-2+. The third-order valence-corrected chi connectivity index (χ3v) is 2.01. The maximum absolute atomic E-state index is 5.37. The van der Waals surface area contributed by atoms with Gasteiger partial charge in [0, 0.05) is 22.2 Å². The Hall–Kier alpha value is -0.470. The van der Waals surface area contributed by atoms with Crippen molar-refractivity contribution >= 4 is 33.2 Å². The topological polar surface area (TPSA) is 12.0 Å². The summed E-state index contributed by atoms with van der Waals surface area (Å²) in [5.74, 6) is 0. The second-order valence-electron chi connectivity index (χ2n) is 2.25. The summed E-state index contributed by atoms with van der Waals surface area (Å²) in [5.41, 5.74) is 2.59. The van der Waals surface area contributed by atoms with Gasteiger partial charge in [-0.25, -0.2) is 0 Å². The van der Waals surface area contributed by atoms with Crippen molar-refractivity contribution in [3.05, 3.63) is 40.3 Å². The Labute approximate surface area is 85.6 Å². The van der Waals surface area contributed by atoms with E-state index in [0.717, 1.165) is 16.7 Å². The van der Waals surface area contributed by atoms with Gasteiger partial charge in [-0.15, -0.1) is 0 Å². The first-order valence-corrected chi connectivity index (χ1v) is 4.80. The van der Waals surface area contributed by atoms with Gasteiger partial charge in [0.05, 0.1) is 0 Å². The second-order valence-corrected chi connectivity index (χ2v) is 3.42. The number of halogens is 2. The van der Waals surface area contributed by atoms with Crippen molar-refractivity contribution in [1.29, 1.82) is 0 Å². The highest BCUT2D eigenvalue weighted by molar-refractivity contribution is 9.10. The van der Waals surface area contributed by atoms with Gasteiger partial charge in [-0.2, -0.15) is 0 Å². The highest BCUT2D eigenvalue weighted by Gasteiger charge is 1.89. The number of anilines is 1. The minimum absolute atomic E-state index is 0.750. The Morgan fingerprint density at radius 1 is 1.50 bits per heavy atom. The minimum Gasteiger partial charge on any atom is -0.382 e. The lowest BCUT2D eigenvalue weighted by molar-refractivity contribution is 1.34. The molecule has 0 aliphatic rings. The lowest BCUT2D eigenvalue weighted by atomic mass is 10.3. The van der Waals surface area contributed by atoms with Crippen molar-refractivity contribution in [2.24, 2.45) is 0 Å². The first-order chi connectivity index (χ1) is 5.83. The highest BCUT2D eigenvalue weighted by atomic mass is 79.9. The molecule has 0 amide bonds. The summed E-state index contributed by atoms with van der Waals surface area (Å²) in [5, 5.41) is 3.19. The van der Waals surface area contributed by atoms with E-state index >= 15 is 0 Å².